The van der Waals surface area contributed by atoms with Gasteiger partial charge in [0.25, 0.3) is 0 Å². The molecule has 4 unspecified atom stereocenters. The molecule has 0 amide bonds. The van der Waals surface area contributed by atoms with Crippen LogP contribution in [0.5, 0.6) is 0 Å². The van der Waals surface area contributed by atoms with Crippen LogP contribution in [-0.2, 0) is 9.53 Å². The van der Waals surface area contributed by atoms with Crippen LogP contribution in [0.3, 0.4) is 0 Å². The van der Waals surface area contributed by atoms with Gasteiger partial charge in [0.2, 0.25) is 0 Å². The van der Waals surface area contributed by atoms with Gasteiger partial charge in [0.15, 0.2) is 0 Å². The highest BCUT2D eigenvalue weighted by molar-refractivity contribution is 8.00. The van der Waals surface area contributed by atoms with E-state index in [0.717, 1.165) is 24.0 Å². The molecule has 2 aliphatic rings. The molecule has 0 aromatic rings. The summed E-state index contributed by atoms with van der Waals surface area (Å²) in [5, 5.41) is 0. The topological polar surface area (TPSA) is 26.3 Å². The third-order valence-corrected chi connectivity index (χ3v) is 8.29. The summed E-state index contributed by atoms with van der Waals surface area (Å²) in [4.78, 5) is 12.0. The highest BCUT2D eigenvalue weighted by atomic mass is 32.2. The normalized spacial score (nSPS) is 32.0. The first-order chi connectivity index (χ1) is 11.3. The second-order valence-electron chi connectivity index (χ2n) is 9.04. The number of hydrogen-bond donors (Lipinski definition) is 0. The van der Waals surface area contributed by atoms with Gasteiger partial charge in [-0.1, -0.05) is 53.9 Å². The van der Waals surface area contributed by atoms with Gasteiger partial charge in [-0.25, -0.2) is 0 Å². The molecule has 0 aromatic heterocycles. The number of rotatable bonds is 10. The number of unbranched alkanes of at least 4 members (excludes halogenated alkanes) is 1. The van der Waals surface area contributed by atoms with Gasteiger partial charge in [-0.2, -0.15) is 11.8 Å². The Morgan fingerprint density at radius 2 is 1.96 bits per heavy atom. The quantitative estimate of drug-likeness (QED) is 0.444. The fraction of sp³-hybridized carbons (Fsp3) is 0.952. The largest absolute Gasteiger partial charge is 0.465 e. The molecule has 0 heterocycles. The first-order valence-electron chi connectivity index (χ1n) is 10.1. The molecule has 2 fully saturated rings. The molecule has 3 heteroatoms. The van der Waals surface area contributed by atoms with E-state index >= 15 is 0 Å². The van der Waals surface area contributed by atoms with Gasteiger partial charge in [-0.3, -0.25) is 4.79 Å². The lowest BCUT2D eigenvalue weighted by Gasteiger charge is -2.40. The molecule has 0 radical (unpaired) electrons. The average Bonchev–Trinajstić information content (AvgIpc) is 2.99. The highest BCUT2D eigenvalue weighted by Crippen LogP contribution is 2.63. The number of hydrogen-bond acceptors (Lipinski definition) is 3. The third-order valence-electron chi connectivity index (χ3n) is 6.72. The summed E-state index contributed by atoms with van der Waals surface area (Å²) in [7, 11) is 0. The van der Waals surface area contributed by atoms with Crippen LogP contribution < -0.4 is 0 Å². The monoisotopic (exact) mass is 354 g/mol. The van der Waals surface area contributed by atoms with E-state index in [4.69, 9.17) is 4.74 Å². The minimum atomic E-state index is 0.00420. The summed E-state index contributed by atoms with van der Waals surface area (Å²) in [5.41, 5.74) is 0.539. The zero-order valence-electron chi connectivity index (χ0n) is 16.5. The van der Waals surface area contributed by atoms with Crippen molar-refractivity contribution in [3.05, 3.63) is 0 Å². The fourth-order valence-electron chi connectivity index (χ4n) is 4.75. The Kier molecular flexibility index (Phi) is 7.10. The van der Waals surface area contributed by atoms with Crippen LogP contribution in [0.25, 0.3) is 0 Å². The van der Waals surface area contributed by atoms with E-state index < -0.39 is 0 Å². The van der Waals surface area contributed by atoms with Gasteiger partial charge in [-0.05, 0) is 48.9 Å². The summed E-state index contributed by atoms with van der Waals surface area (Å²) < 4.78 is 5.93. The molecule has 0 N–H and O–H groups in total. The van der Waals surface area contributed by atoms with E-state index in [1.807, 2.05) is 11.8 Å². The number of carbonyl (C=O) groups is 1. The second-order valence-corrected chi connectivity index (χ2v) is 10.7. The third kappa shape index (κ3) is 4.93. The second kappa shape index (κ2) is 8.47. The molecule has 0 aliphatic heterocycles. The van der Waals surface area contributed by atoms with E-state index in [1.165, 1.54) is 38.5 Å². The van der Waals surface area contributed by atoms with Gasteiger partial charge in [0.05, 0.1) is 13.0 Å². The Balaban J connectivity index is 1.65. The predicted molar refractivity (Wildman–Crippen MR) is 104 cm³/mol. The molecule has 0 aromatic carbocycles. The lowest BCUT2D eigenvalue weighted by molar-refractivity contribution is -0.144. The number of carbonyl (C=O) groups excluding carboxylic acids is 1. The zero-order chi connectivity index (χ0) is 17.8. The van der Waals surface area contributed by atoms with E-state index in [0.29, 0.717) is 29.1 Å². The maximum atomic E-state index is 12.0. The summed E-state index contributed by atoms with van der Waals surface area (Å²) in [5.74, 6) is 3.20. The van der Waals surface area contributed by atoms with Crippen molar-refractivity contribution in [2.24, 2.45) is 23.2 Å². The Hall–Kier alpha value is -0.180. The Bertz CT molecular complexity index is 420. The van der Waals surface area contributed by atoms with Gasteiger partial charge >= 0.3 is 5.97 Å². The van der Waals surface area contributed by atoms with Crippen LogP contribution in [0.1, 0.15) is 86.0 Å². The van der Waals surface area contributed by atoms with Crippen molar-refractivity contribution in [3.8, 4) is 0 Å². The number of esters is 1. The summed E-state index contributed by atoms with van der Waals surface area (Å²) >= 11 is 2.03. The van der Waals surface area contributed by atoms with Crippen molar-refractivity contribution in [2.45, 2.75) is 90.7 Å². The number of ether oxygens (including phenoxy) is 1. The van der Waals surface area contributed by atoms with Crippen LogP contribution in [-0.4, -0.2) is 23.1 Å². The molecule has 24 heavy (non-hydrogen) atoms. The van der Waals surface area contributed by atoms with E-state index in [9.17, 15) is 4.79 Å². The Labute approximate surface area is 153 Å². The molecule has 0 spiro atoms. The van der Waals surface area contributed by atoms with Gasteiger partial charge < -0.3 is 4.74 Å². The molecule has 0 saturated heterocycles. The molecule has 2 aliphatic carbocycles. The summed E-state index contributed by atoms with van der Waals surface area (Å²) in [6, 6.07) is 0. The Morgan fingerprint density at radius 3 is 2.50 bits per heavy atom. The van der Waals surface area contributed by atoms with Crippen molar-refractivity contribution < 1.29 is 9.53 Å². The maximum Gasteiger partial charge on any atom is 0.306 e. The van der Waals surface area contributed by atoms with Crippen LogP contribution in [0.2, 0.25) is 0 Å². The lowest BCUT2D eigenvalue weighted by Crippen LogP contribution is -2.35. The molecule has 2 saturated carbocycles. The highest BCUT2D eigenvalue weighted by Gasteiger charge is 2.55. The molecule has 2 rings (SSSR count). The smallest absolute Gasteiger partial charge is 0.306 e. The SMILES string of the molecule is CCCCC(CC)COC(=O)CCSC1(C)CC2CC1CC2(C)C. The number of fused-ring (bicyclic) bond motifs is 2. The Morgan fingerprint density at radius 1 is 1.21 bits per heavy atom. The summed E-state index contributed by atoms with van der Waals surface area (Å²) in [6.07, 6.45) is 9.43. The van der Waals surface area contributed by atoms with Crippen LogP contribution in [0.15, 0.2) is 0 Å². The van der Waals surface area contributed by atoms with Crippen molar-refractivity contribution >= 4 is 17.7 Å². The molecular formula is C21H38O2S. The molecule has 2 nitrogen and oxygen atoms in total. The molecular weight excluding hydrogens is 316 g/mol. The van der Waals surface area contributed by atoms with E-state index in [-0.39, 0.29) is 5.97 Å². The van der Waals surface area contributed by atoms with Gasteiger partial charge in [-0.15, -0.1) is 0 Å². The standard InChI is InChI=1S/C21H38O2S/c1-6-8-9-16(7-2)15-23-19(22)10-11-24-21(5)14-17-12-18(21)13-20(17,3)4/h16-18H,6-15H2,1-5H3. The average molecular weight is 355 g/mol. The van der Waals surface area contributed by atoms with Crippen LogP contribution in [0.4, 0.5) is 0 Å². The predicted octanol–water partition coefficient (Wildman–Crippen LogP) is 6.08. The first kappa shape index (κ1) is 20.1. The fourth-order valence-corrected chi connectivity index (χ4v) is 6.22. The first-order valence-corrected chi connectivity index (χ1v) is 11.1. The molecule has 140 valence electrons. The van der Waals surface area contributed by atoms with E-state index in [2.05, 4.69) is 34.6 Å². The lowest BCUT2D eigenvalue weighted by atomic mass is 9.73. The van der Waals surface area contributed by atoms with Crippen molar-refractivity contribution in [1.82, 2.24) is 0 Å². The maximum absolute atomic E-state index is 12.0. The van der Waals surface area contributed by atoms with Crippen LogP contribution >= 0.6 is 11.8 Å². The molecule has 4 atom stereocenters. The van der Waals surface area contributed by atoms with Gasteiger partial charge in [0.1, 0.15) is 0 Å². The minimum Gasteiger partial charge on any atom is -0.465 e. The van der Waals surface area contributed by atoms with Crippen molar-refractivity contribution in [3.63, 3.8) is 0 Å². The molecule has 2 bridgehead atoms. The zero-order valence-corrected chi connectivity index (χ0v) is 17.3. The van der Waals surface area contributed by atoms with Crippen molar-refractivity contribution in [2.75, 3.05) is 12.4 Å². The van der Waals surface area contributed by atoms with Crippen LogP contribution in [0, 0.1) is 23.2 Å². The minimum absolute atomic E-state index is 0.00420. The van der Waals surface area contributed by atoms with E-state index in [1.54, 1.807) is 0 Å². The van der Waals surface area contributed by atoms with Crippen molar-refractivity contribution in [1.29, 1.82) is 0 Å². The summed E-state index contributed by atoms with van der Waals surface area (Å²) in [6.45, 7) is 12.3. The van der Waals surface area contributed by atoms with Gasteiger partial charge in [0, 0.05) is 10.5 Å². The number of thioether (sulfide) groups is 1.